The van der Waals surface area contributed by atoms with Crippen molar-refractivity contribution in [2.75, 3.05) is 37.8 Å². The summed E-state index contributed by atoms with van der Waals surface area (Å²) < 4.78 is 39.0. The molecule has 0 N–H and O–H groups in total. The third kappa shape index (κ3) is 7.11. The van der Waals surface area contributed by atoms with Crippen LogP contribution in [0.3, 0.4) is 0 Å². The first-order chi connectivity index (χ1) is 15.6. The summed E-state index contributed by atoms with van der Waals surface area (Å²) in [6.07, 6.45) is 0.966. The Labute approximate surface area is 215 Å². The second-order valence-electron chi connectivity index (χ2n) is 8.12. The molecule has 0 aliphatic rings. The predicted molar refractivity (Wildman–Crippen MR) is 140 cm³/mol. The lowest BCUT2D eigenvalue weighted by molar-refractivity contribution is -0.118. The van der Waals surface area contributed by atoms with E-state index in [0.29, 0.717) is 16.7 Å². The molecule has 0 atom stereocenters. The van der Waals surface area contributed by atoms with Crippen LogP contribution in [0.1, 0.15) is 24.8 Å². The molecule has 0 unspecified atom stereocenters. The van der Waals surface area contributed by atoms with Gasteiger partial charge in [0.1, 0.15) is 5.82 Å². The quantitative estimate of drug-likeness (QED) is 0.319. The molecule has 3 rings (SSSR count). The second-order valence-corrected chi connectivity index (χ2v) is 11.6. The molecule has 0 saturated heterocycles. The number of hydrogen-bond donors (Lipinski definition) is 0. The zero-order valence-electron chi connectivity index (χ0n) is 19.3. The molecule has 0 bridgehead atoms. The highest BCUT2D eigenvalue weighted by Gasteiger charge is 2.22. The number of sulfone groups is 1. The van der Waals surface area contributed by atoms with Gasteiger partial charge in [0.05, 0.1) is 25.9 Å². The highest BCUT2D eigenvalue weighted by atomic mass is 35.5. The summed E-state index contributed by atoms with van der Waals surface area (Å²) >= 11 is 7.71. The molecule has 2 aromatic carbocycles. The second kappa shape index (κ2) is 12.3. The van der Waals surface area contributed by atoms with E-state index in [4.69, 9.17) is 11.6 Å². The minimum absolute atomic E-state index is 0. The molecule has 1 aromatic heterocycles. The maximum absolute atomic E-state index is 13.1. The van der Waals surface area contributed by atoms with Gasteiger partial charge in [-0.15, -0.1) is 12.4 Å². The van der Waals surface area contributed by atoms with Crippen molar-refractivity contribution in [3.8, 4) is 0 Å². The minimum Gasteiger partial charge on any atom is -0.309 e. The maximum atomic E-state index is 13.1. The Morgan fingerprint density at radius 3 is 2.38 bits per heavy atom. The van der Waals surface area contributed by atoms with Gasteiger partial charge in [0.15, 0.2) is 15.0 Å². The average molecular weight is 549 g/mol. The van der Waals surface area contributed by atoms with E-state index >= 15 is 0 Å². The Bertz CT molecular complexity index is 1190. The number of rotatable bonds is 10. The van der Waals surface area contributed by atoms with E-state index < -0.39 is 15.7 Å². The summed E-state index contributed by atoms with van der Waals surface area (Å²) in [4.78, 5) is 21.5. The SMILES string of the molecule is Cc1ccc(Cl)c2sc(N(CCCN(C)C)C(=O)CCCS(=O)(=O)c3ccc(F)cc3)nc12.Cl. The van der Waals surface area contributed by atoms with Crippen LogP contribution in [-0.2, 0) is 14.6 Å². The van der Waals surface area contributed by atoms with Gasteiger partial charge in [-0.25, -0.2) is 17.8 Å². The van der Waals surface area contributed by atoms with E-state index in [-0.39, 0.29) is 41.8 Å². The fourth-order valence-electron chi connectivity index (χ4n) is 3.39. The summed E-state index contributed by atoms with van der Waals surface area (Å²) in [7, 11) is 0.334. The molecule has 0 fully saturated rings. The zero-order chi connectivity index (χ0) is 24.2. The molecule has 6 nitrogen and oxygen atoms in total. The van der Waals surface area contributed by atoms with Crippen LogP contribution in [0.2, 0.25) is 5.02 Å². The number of thiazole rings is 1. The van der Waals surface area contributed by atoms with Gasteiger partial charge in [0, 0.05) is 13.0 Å². The third-order valence-electron chi connectivity index (χ3n) is 5.18. The van der Waals surface area contributed by atoms with Crippen LogP contribution in [0.5, 0.6) is 0 Å². The van der Waals surface area contributed by atoms with Crippen molar-refractivity contribution in [2.24, 2.45) is 0 Å². The topological polar surface area (TPSA) is 70.6 Å². The molecule has 0 aliphatic carbocycles. The van der Waals surface area contributed by atoms with Crippen LogP contribution in [0, 0.1) is 12.7 Å². The number of nitrogens with zero attached hydrogens (tertiary/aromatic N) is 3. The molecule has 1 amide bonds. The number of anilines is 1. The molecule has 0 spiro atoms. The van der Waals surface area contributed by atoms with Gasteiger partial charge in [-0.05, 0) is 76.3 Å². The minimum atomic E-state index is -3.60. The summed E-state index contributed by atoms with van der Waals surface area (Å²) in [6, 6.07) is 8.43. The van der Waals surface area contributed by atoms with Gasteiger partial charge >= 0.3 is 0 Å². The van der Waals surface area contributed by atoms with Gasteiger partial charge in [0.2, 0.25) is 5.91 Å². The summed E-state index contributed by atoms with van der Waals surface area (Å²) in [5, 5.41) is 1.15. The lowest BCUT2D eigenvalue weighted by atomic mass is 10.2. The maximum Gasteiger partial charge on any atom is 0.228 e. The van der Waals surface area contributed by atoms with Crippen LogP contribution in [0.25, 0.3) is 10.2 Å². The van der Waals surface area contributed by atoms with Crippen molar-refractivity contribution in [1.29, 1.82) is 0 Å². The Morgan fingerprint density at radius 1 is 1.09 bits per heavy atom. The van der Waals surface area contributed by atoms with Crippen LogP contribution < -0.4 is 4.90 Å². The lowest BCUT2D eigenvalue weighted by Crippen LogP contribution is -2.33. The number of hydrogen-bond acceptors (Lipinski definition) is 6. The zero-order valence-corrected chi connectivity index (χ0v) is 22.5. The van der Waals surface area contributed by atoms with Crippen LogP contribution in [0.4, 0.5) is 9.52 Å². The van der Waals surface area contributed by atoms with Gasteiger partial charge in [-0.1, -0.05) is 29.0 Å². The van der Waals surface area contributed by atoms with Crippen LogP contribution in [-0.4, -0.2) is 57.1 Å². The van der Waals surface area contributed by atoms with Gasteiger partial charge < -0.3 is 4.90 Å². The van der Waals surface area contributed by atoms with Gasteiger partial charge in [-0.3, -0.25) is 9.69 Å². The number of carbonyl (C=O) groups is 1. The first kappa shape index (κ1) is 28.5. The standard InChI is InChI=1S/C23H27ClFN3O3S2.ClH/c1-16-7-12-19(24)22-21(16)26-23(32-22)28(14-5-13-27(2)3)20(29)6-4-15-33(30,31)18-10-8-17(25)9-11-18;/h7-12H,4-6,13-15H2,1-3H3;1H. The molecule has 34 heavy (non-hydrogen) atoms. The van der Waals surface area contributed by atoms with Gasteiger partial charge in [0.25, 0.3) is 0 Å². The Balaban J connectivity index is 0.00000408. The van der Waals surface area contributed by atoms with E-state index in [1.165, 1.54) is 23.5 Å². The highest BCUT2D eigenvalue weighted by Crippen LogP contribution is 2.36. The number of halogens is 3. The van der Waals surface area contributed by atoms with Crippen molar-refractivity contribution in [3.05, 3.63) is 52.8 Å². The van der Waals surface area contributed by atoms with Crippen LogP contribution >= 0.6 is 35.3 Å². The Morgan fingerprint density at radius 2 is 1.76 bits per heavy atom. The number of amides is 1. The van der Waals surface area contributed by atoms with Gasteiger partial charge in [-0.2, -0.15) is 0 Å². The monoisotopic (exact) mass is 547 g/mol. The van der Waals surface area contributed by atoms with E-state index in [0.717, 1.165) is 40.9 Å². The number of aromatic nitrogens is 1. The summed E-state index contributed by atoms with van der Waals surface area (Å²) in [5.74, 6) is -0.875. The number of fused-ring (bicyclic) bond motifs is 1. The number of carbonyl (C=O) groups excluding carboxylic acids is 1. The molecule has 0 aliphatic heterocycles. The first-order valence-corrected chi connectivity index (χ1v) is 13.4. The van der Waals surface area contributed by atoms with Crippen molar-refractivity contribution in [2.45, 2.75) is 31.1 Å². The fourth-order valence-corrected chi connectivity index (χ4v) is 6.06. The normalized spacial score (nSPS) is 11.6. The fraction of sp³-hybridized carbons (Fsp3) is 0.391. The summed E-state index contributed by atoms with van der Waals surface area (Å²) in [6.45, 7) is 3.21. The van der Waals surface area contributed by atoms with E-state index in [9.17, 15) is 17.6 Å². The highest BCUT2D eigenvalue weighted by molar-refractivity contribution is 7.91. The number of benzene rings is 2. The summed E-state index contributed by atoms with van der Waals surface area (Å²) in [5.41, 5.74) is 1.75. The predicted octanol–water partition coefficient (Wildman–Crippen LogP) is 5.36. The first-order valence-electron chi connectivity index (χ1n) is 10.6. The molecule has 0 radical (unpaired) electrons. The molecule has 1 heterocycles. The Hall–Kier alpha value is -1.78. The van der Waals surface area contributed by atoms with Crippen molar-refractivity contribution >= 4 is 66.4 Å². The molecular weight excluding hydrogens is 520 g/mol. The molecule has 11 heteroatoms. The molecular formula is C23H28Cl2FN3O3S2. The average Bonchev–Trinajstić information content (AvgIpc) is 3.20. The Kier molecular flexibility index (Phi) is 10.3. The lowest BCUT2D eigenvalue weighted by Gasteiger charge is -2.21. The third-order valence-corrected chi connectivity index (χ3v) is 8.54. The van der Waals surface area contributed by atoms with E-state index in [1.54, 1.807) is 4.90 Å². The van der Waals surface area contributed by atoms with Crippen LogP contribution in [0.15, 0.2) is 41.3 Å². The van der Waals surface area contributed by atoms with Crippen molar-refractivity contribution in [1.82, 2.24) is 9.88 Å². The van der Waals surface area contributed by atoms with Crippen molar-refractivity contribution in [3.63, 3.8) is 0 Å². The van der Waals surface area contributed by atoms with Crippen molar-refractivity contribution < 1.29 is 17.6 Å². The number of aryl methyl sites for hydroxylation is 1. The largest absolute Gasteiger partial charge is 0.309 e. The van der Waals surface area contributed by atoms with E-state index in [1.807, 2.05) is 38.1 Å². The molecule has 0 saturated carbocycles. The molecule has 3 aromatic rings. The van der Waals surface area contributed by atoms with E-state index in [2.05, 4.69) is 4.98 Å². The smallest absolute Gasteiger partial charge is 0.228 e. The molecule has 186 valence electrons.